The van der Waals surface area contributed by atoms with Gasteiger partial charge in [0.25, 0.3) is 0 Å². The molecule has 8 heteroatoms. The largest absolute Gasteiger partial charge is 0.420 e. The number of nitrogens with zero attached hydrogens (tertiary/aromatic N) is 4. The van der Waals surface area contributed by atoms with E-state index in [1.807, 2.05) is 17.9 Å². The van der Waals surface area contributed by atoms with Crippen molar-refractivity contribution in [2.75, 3.05) is 13.1 Å². The van der Waals surface area contributed by atoms with E-state index < -0.39 is 5.76 Å². The molecule has 0 saturated carbocycles. The van der Waals surface area contributed by atoms with E-state index in [9.17, 15) is 9.59 Å². The Morgan fingerprint density at radius 2 is 2.20 bits per heavy atom. The number of aromatic nitrogens is 3. The molecule has 1 aromatic carbocycles. The van der Waals surface area contributed by atoms with Gasteiger partial charge in [-0.15, -0.1) is 21.5 Å². The maximum Gasteiger partial charge on any atom is 0.420 e. The summed E-state index contributed by atoms with van der Waals surface area (Å²) in [7, 11) is 0. The Bertz CT molecular complexity index is 974. The monoisotopic (exact) mass is 358 g/mol. The lowest BCUT2D eigenvalue weighted by Crippen LogP contribution is -2.41. The lowest BCUT2D eigenvalue weighted by Gasteiger charge is -2.31. The number of piperidine rings is 1. The Morgan fingerprint density at radius 1 is 1.36 bits per heavy atom. The van der Waals surface area contributed by atoms with E-state index in [0.29, 0.717) is 24.2 Å². The number of aryl methyl sites for hydroxylation is 1. The number of benzene rings is 1. The number of para-hydroxylation sites is 2. The molecule has 1 fully saturated rings. The number of amides is 1. The van der Waals surface area contributed by atoms with Crippen molar-refractivity contribution < 1.29 is 9.21 Å². The predicted molar refractivity (Wildman–Crippen MR) is 93.7 cm³/mol. The van der Waals surface area contributed by atoms with E-state index in [4.69, 9.17) is 4.42 Å². The van der Waals surface area contributed by atoms with Crippen LogP contribution in [0.4, 0.5) is 0 Å². The molecule has 4 rings (SSSR count). The quantitative estimate of drug-likeness (QED) is 0.717. The highest BCUT2D eigenvalue weighted by molar-refractivity contribution is 7.11. The summed E-state index contributed by atoms with van der Waals surface area (Å²) in [6.07, 6.45) is 1.93. The molecule has 3 aromatic rings. The van der Waals surface area contributed by atoms with E-state index in [-0.39, 0.29) is 18.4 Å². The van der Waals surface area contributed by atoms with Gasteiger partial charge in [0.15, 0.2) is 5.58 Å². The van der Waals surface area contributed by atoms with Crippen molar-refractivity contribution in [3.63, 3.8) is 0 Å². The minimum absolute atomic E-state index is 0.00227. The van der Waals surface area contributed by atoms with Crippen LogP contribution in [-0.2, 0) is 11.3 Å². The van der Waals surface area contributed by atoms with E-state index in [2.05, 4.69) is 10.2 Å². The van der Waals surface area contributed by atoms with Crippen molar-refractivity contribution in [1.29, 1.82) is 0 Å². The molecule has 7 nitrogen and oxygen atoms in total. The zero-order chi connectivity index (χ0) is 17.4. The van der Waals surface area contributed by atoms with Gasteiger partial charge >= 0.3 is 5.76 Å². The number of likely N-dealkylation sites (tertiary alicyclic amines) is 1. The fraction of sp³-hybridized carbons (Fsp3) is 0.412. The second-order valence-electron chi connectivity index (χ2n) is 6.26. The Labute approximate surface area is 147 Å². The summed E-state index contributed by atoms with van der Waals surface area (Å²) >= 11 is 1.59. The molecule has 0 spiro atoms. The predicted octanol–water partition coefficient (Wildman–Crippen LogP) is 2.16. The summed E-state index contributed by atoms with van der Waals surface area (Å²) in [5, 5.41) is 10.2. The SMILES string of the molecule is Cc1nnc([C@@H]2CCCN(C(=O)Cn3c(=O)oc4ccccc43)C2)s1. The summed E-state index contributed by atoms with van der Waals surface area (Å²) in [5.74, 6) is -0.343. The van der Waals surface area contributed by atoms with Crippen molar-refractivity contribution in [2.24, 2.45) is 0 Å². The van der Waals surface area contributed by atoms with Crippen LogP contribution in [0.2, 0.25) is 0 Å². The topological polar surface area (TPSA) is 81.2 Å². The molecule has 1 atom stereocenters. The van der Waals surface area contributed by atoms with Crippen LogP contribution in [0.25, 0.3) is 11.1 Å². The first kappa shape index (κ1) is 16.0. The number of fused-ring (bicyclic) bond motifs is 1. The third kappa shape index (κ3) is 3.09. The average Bonchev–Trinajstić information content (AvgIpc) is 3.19. The van der Waals surface area contributed by atoms with Crippen LogP contribution in [0.15, 0.2) is 33.5 Å². The summed E-state index contributed by atoms with van der Waals surface area (Å²) < 4.78 is 6.60. The molecule has 1 saturated heterocycles. The minimum Gasteiger partial charge on any atom is -0.408 e. The lowest BCUT2D eigenvalue weighted by molar-refractivity contribution is -0.133. The summed E-state index contributed by atoms with van der Waals surface area (Å²) in [4.78, 5) is 26.6. The van der Waals surface area contributed by atoms with Gasteiger partial charge in [0.2, 0.25) is 5.91 Å². The van der Waals surface area contributed by atoms with Gasteiger partial charge in [0, 0.05) is 19.0 Å². The van der Waals surface area contributed by atoms with Crippen LogP contribution in [-0.4, -0.2) is 38.7 Å². The van der Waals surface area contributed by atoms with Crippen molar-refractivity contribution in [3.8, 4) is 0 Å². The first-order valence-corrected chi connectivity index (χ1v) is 9.09. The van der Waals surface area contributed by atoms with Gasteiger partial charge in [-0.25, -0.2) is 4.79 Å². The number of carbonyl (C=O) groups is 1. The van der Waals surface area contributed by atoms with Crippen molar-refractivity contribution in [2.45, 2.75) is 32.2 Å². The van der Waals surface area contributed by atoms with Crippen LogP contribution in [0.1, 0.15) is 28.8 Å². The highest BCUT2D eigenvalue weighted by Gasteiger charge is 2.27. The van der Waals surface area contributed by atoms with Gasteiger partial charge in [-0.05, 0) is 31.9 Å². The van der Waals surface area contributed by atoms with E-state index in [0.717, 1.165) is 22.9 Å². The fourth-order valence-corrected chi connectivity index (χ4v) is 4.11. The third-order valence-corrected chi connectivity index (χ3v) is 5.53. The first-order chi connectivity index (χ1) is 12.1. The Hall–Kier alpha value is -2.48. The smallest absolute Gasteiger partial charge is 0.408 e. The van der Waals surface area contributed by atoms with Gasteiger partial charge in [0.1, 0.15) is 16.6 Å². The van der Waals surface area contributed by atoms with Gasteiger partial charge in [-0.2, -0.15) is 0 Å². The molecule has 0 radical (unpaired) electrons. The molecule has 1 aliphatic heterocycles. The second-order valence-corrected chi connectivity index (χ2v) is 7.47. The molecule has 1 aliphatic rings. The summed E-state index contributed by atoms with van der Waals surface area (Å²) in [5.41, 5.74) is 1.15. The van der Waals surface area contributed by atoms with E-state index >= 15 is 0 Å². The normalized spacial score (nSPS) is 18.0. The maximum absolute atomic E-state index is 12.7. The highest BCUT2D eigenvalue weighted by Crippen LogP contribution is 2.29. The lowest BCUT2D eigenvalue weighted by atomic mass is 9.99. The van der Waals surface area contributed by atoms with Crippen LogP contribution < -0.4 is 5.76 Å². The fourth-order valence-electron chi connectivity index (χ4n) is 3.28. The molecule has 1 amide bonds. The van der Waals surface area contributed by atoms with E-state index in [1.54, 1.807) is 29.5 Å². The molecule has 2 aromatic heterocycles. The van der Waals surface area contributed by atoms with E-state index in [1.165, 1.54) is 4.57 Å². The van der Waals surface area contributed by atoms with Gasteiger partial charge in [-0.1, -0.05) is 12.1 Å². The Morgan fingerprint density at radius 3 is 3.00 bits per heavy atom. The molecule has 0 bridgehead atoms. The number of oxazole rings is 1. The van der Waals surface area contributed by atoms with Gasteiger partial charge in [0.05, 0.1) is 5.52 Å². The molecule has 130 valence electrons. The molecule has 0 N–H and O–H groups in total. The summed E-state index contributed by atoms with van der Waals surface area (Å²) in [6.45, 7) is 3.26. The summed E-state index contributed by atoms with van der Waals surface area (Å²) in [6, 6.07) is 7.15. The molecule has 0 aliphatic carbocycles. The average molecular weight is 358 g/mol. The number of hydrogen-bond donors (Lipinski definition) is 0. The zero-order valence-corrected chi connectivity index (χ0v) is 14.7. The third-order valence-electron chi connectivity index (χ3n) is 4.53. The van der Waals surface area contributed by atoms with Crippen molar-refractivity contribution >= 4 is 28.3 Å². The van der Waals surface area contributed by atoms with Crippen LogP contribution in [0.3, 0.4) is 0 Å². The minimum atomic E-state index is -0.497. The van der Waals surface area contributed by atoms with Crippen molar-refractivity contribution in [1.82, 2.24) is 19.7 Å². The molecule has 0 unspecified atom stereocenters. The molecular formula is C17H18N4O3S. The maximum atomic E-state index is 12.7. The second kappa shape index (κ2) is 6.44. The Kier molecular flexibility index (Phi) is 4.12. The zero-order valence-electron chi connectivity index (χ0n) is 13.8. The number of hydrogen-bond acceptors (Lipinski definition) is 6. The molecule has 25 heavy (non-hydrogen) atoms. The standard InChI is InChI=1S/C17H18N4O3S/c1-11-18-19-16(25-11)12-5-4-8-20(9-12)15(22)10-21-13-6-2-3-7-14(13)24-17(21)23/h2-3,6-7,12H,4-5,8-10H2,1H3/t12-/m1/s1. The Balaban J connectivity index is 1.52. The number of carbonyl (C=O) groups excluding carboxylic acids is 1. The molecular weight excluding hydrogens is 340 g/mol. The molecule has 3 heterocycles. The van der Waals surface area contributed by atoms with Crippen LogP contribution >= 0.6 is 11.3 Å². The van der Waals surface area contributed by atoms with Crippen LogP contribution in [0, 0.1) is 6.92 Å². The van der Waals surface area contributed by atoms with Gasteiger partial charge in [-0.3, -0.25) is 9.36 Å². The first-order valence-electron chi connectivity index (χ1n) is 8.28. The van der Waals surface area contributed by atoms with Crippen molar-refractivity contribution in [3.05, 3.63) is 44.8 Å². The van der Waals surface area contributed by atoms with Crippen LogP contribution in [0.5, 0.6) is 0 Å². The highest BCUT2D eigenvalue weighted by atomic mass is 32.1. The van der Waals surface area contributed by atoms with Gasteiger partial charge < -0.3 is 9.32 Å². The number of rotatable bonds is 3.